The smallest absolute Gasteiger partial charge is 0.342 e. The molecule has 1 aromatic heterocycles. The summed E-state index contributed by atoms with van der Waals surface area (Å²) in [5.74, 6) is 0.0648. The molecule has 10 heteroatoms. The van der Waals surface area contributed by atoms with Gasteiger partial charge in [0.1, 0.15) is 22.8 Å². The summed E-state index contributed by atoms with van der Waals surface area (Å²) < 4.78 is 10.8. The summed E-state index contributed by atoms with van der Waals surface area (Å²) in [6, 6.07) is 6.74. The number of aryl methyl sites for hydroxylation is 2. The molecule has 2 heterocycles. The van der Waals surface area contributed by atoms with Gasteiger partial charge in [-0.3, -0.25) is 4.79 Å². The largest absolute Gasteiger partial charge is 0.492 e. The number of hydrogen-bond acceptors (Lipinski definition) is 7. The molecule has 0 aliphatic carbocycles. The lowest BCUT2D eigenvalue weighted by atomic mass is 10.1. The quantitative estimate of drug-likeness (QED) is 0.553. The molecule has 1 N–H and O–H groups in total. The summed E-state index contributed by atoms with van der Waals surface area (Å²) >= 11 is 0. The maximum absolute atomic E-state index is 13.6. The van der Waals surface area contributed by atoms with Crippen LogP contribution in [0.25, 0.3) is 0 Å². The number of hydrogen-bond donors (Lipinski definition) is 1. The number of rotatable bonds is 8. The van der Waals surface area contributed by atoms with Gasteiger partial charge in [-0.2, -0.15) is 0 Å². The van der Waals surface area contributed by atoms with Crippen molar-refractivity contribution in [1.29, 1.82) is 0 Å². The summed E-state index contributed by atoms with van der Waals surface area (Å²) in [7, 11) is 0. The third kappa shape index (κ3) is 6.10. The van der Waals surface area contributed by atoms with Crippen molar-refractivity contribution in [1.82, 2.24) is 19.8 Å². The van der Waals surface area contributed by atoms with Crippen LogP contribution in [-0.4, -0.2) is 76.6 Å². The zero-order chi connectivity index (χ0) is 26.2. The van der Waals surface area contributed by atoms with E-state index in [-0.39, 0.29) is 35.8 Å². The molecule has 36 heavy (non-hydrogen) atoms. The highest BCUT2D eigenvalue weighted by Gasteiger charge is 2.34. The fraction of sp³-hybridized carbons (Fsp3) is 0.500. The molecule has 0 saturated carbocycles. The molecule has 3 rings (SSSR count). The molecule has 194 valence electrons. The SMILES string of the molecule is CCCc1nc(C)nc(C(=O)N2CCN(C(=O)Nc3ccccc3OCC)C(C)C2)c1C(=O)OCC. The Morgan fingerprint density at radius 1 is 1.08 bits per heavy atom. The average molecular weight is 498 g/mol. The zero-order valence-corrected chi connectivity index (χ0v) is 21.7. The number of carbonyl (C=O) groups excluding carboxylic acids is 3. The second-order valence-electron chi connectivity index (χ2n) is 8.56. The second kappa shape index (κ2) is 12.3. The summed E-state index contributed by atoms with van der Waals surface area (Å²) in [4.78, 5) is 51.4. The van der Waals surface area contributed by atoms with E-state index >= 15 is 0 Å². The van der Waals surface area contributed by atoms with Gasteiger partial charge >= 0.3 is 12.0 Å². The van der Waals surface area contributed by atoms with E-state index < -0.39 is 5.97 Å². The van der Waals surface area contributed by atoms with Crippen LogP contribution in [0.4, 0.5) is 10.5 Å². The molecular formula is C26H35N5O5. The fourth-order valence-electron chi connectivity index (χ4n) is 4.25. The molecule has 1 aromatic carbocycles. The number of benzene rings is 1. The van der Waals surface area contributed by atoms with Gasteiger partial charge in [0.15, 0.2) is 0 Å². The molecule has 1 aliphatic heterocycles. The minimum Gasteiger partial charge on any atom is -0.492 e. The van der Waals surface area contributed by atoms with E-state index in [0.717, 1.165) is 6.42 Å². The molecule has 0 spiro atoms. The molecule has 2 aromatic rings. The van der Waals surface area contributed by atoms with Crippen LogP contribution in [0.3, 0.4) is 0 Å². The van der Waals surface area contributed by atoms with E-state index in [1.807, 2.05) is 32.9 Å². The maximum Gasteiger partial charge on any atom is 0.342 e. The number of piperazine rings is 1. The molecule has 10 nitrogen and oxygen atoms in total. The van der Waals surface area contributed by atoms with Crippen molar-refractivity contribution in [2.24, 2.45) is 0 Å². The van der Waals surface area contributed by atoms with Gasteiger partial charge in [-0.25, -0.2) is 19.6 Å². The van der Waals surface area contributed by atoms with Gasteiger partial charge in [0.2, 0.25) is 0 Å². The molecule has 1 fully saturated rings. The van der Waals surface area contributed by atoms with Gasteiger partial charge in [0.05, 0.1) is 24.6 Å². The van der Waals surface area contributed by atoms with Crippen LogP contribution in [0, 0.1) is 6.92 Å². The summed E-state index contributed by atoms with van der Waals surface area (Å²) in [6.45, 7) is 10.8. The first kappa shape index (κ1) is 26.9. The standard InChI is InChI=1S/C26H35N5O5/c1-6-11-20-22(25(33)36-8-3)23(28-18(5)27-20)24(32)30-14-15-31(17(4)16-30)26(34)29-19-12-9-10-13-21(19)35-7-2/h9-10,12-13,17H,6-8,11,14-16H2,1-5H3,(H,29,34). The normalized spacial score (nSPS) is 15.4. The molecular weight excluding hydrogens is 462 g/mol. The van der Waals surface area contributed by atoms with E-state index in [9.17, 15) is 14.4 Å². The number of carbonyl (C=O) groups is 3. The number of esters is 1. The Bertz CT molecular complexity index is 1110. The highest BCUT2D eigenvalue weighted by molar-refractivity contribution is 6.04. The Hall–Kier alpha value is -3.69. The highest BCUT2D eigenvalue weighted by Crippen LogP contribution is 2.25. The Balaban J connectivity index is 1.78. The second-order valence-corrected chi connectivity index (χ2v) is 8.56. The van der Waals surface area contributed by atoms with Gasteiger partial charge < -0.3 is 24.6 Å². The fourth-order valence-corrected chi connectivity index (χ4v) is 4.25. The first-order valence-corrected chi connectivity index (χ1v) is 12.4. The van der Waals surface area contributed by atoms with Crippen LogP contribution in [-0.2, 0) is 11.2 Å². The van der Waals surface area contributed by atoms with Crippen LogP contribution >= 0.6 is 0 Å². The topological polar surface area (TPSA) is 114 Å². The highest BCUT2D eigenvalue weighted by atomic mass is 16.5. The summed E-state index contributed by atoms with van der Waals surface area (Å²) in [5.41, 5.74) is 1.30. The van der Waals surface area contributed by atoms with E-state index in [0.29, 0.717) is 55.6 Å². The summed E-state index contributed by atoms with van der Waals surface area (Å²) in [6.07, 6.45) is 1.29. The number of para-hydroxylation sites is 2. The lowest BCUT2D eigenvalue weighted by molar-refractivity contribution is 0.0502. The van der Waals surface area contributed by atoms with Gasteiger partial charge in [-0.05, 0) is 46.2 Å². The van der Waals surface area contributed by atoms with Crippen molar-refractivity contribution in [3.8, 4) is 5.75 Å². The Labute approximate surface area is 212 Å². The zero-order valence-electron chi connectivity index (χ0n) is 21.7. The number of nitrogens with zero attached hydrogens (tertiary/aromatic N) is 4. The third-order valence-electron chi connectivity index (χ3n) is 5.87. The molecule has 1 unspecified atom stereocenters. The molecule has 3 amide bonds. The molecule has 0 bridgehead atoms. The van der Waals surface area contributed by atoms with Crippen molar-refractivity contribution in [3.05, 3.63) is 47.0 Å². The maximum atomic E-state index is 13.6. The monoisotopic (exact) mass is 497 g/mol. The average Bonchev–Trinajstić information content (AvgIpc) is 2.84. The first-order valence-electron chi connectivity index (χ1n) is 12.4. The van der Waals surface area contributed by atoms with Gasteiger partial charge in [0.25, 0.3) is 5.91 Å². The van der Waals surface area contributed by atoms with Crippen molar-refractivity contribution >= 4 is 23.6 Å². The molecule has 0 radical (unpaired) electrons. The number of amides is 3. The van der Waals surface area contributed by atoms with Crippen molar-refractivity contribution in [2.45, 2.75) is 53.5 Å². The van der Waals surface area contributed by atoms with E-state index in [1.165, 1.54) is 0 Å². The van der Waals surface area contributed by atoms with Crippen molar-refractivity contribution < 1.29 is 23.9 Å². The van der Waals surface area contributed by atoms with Gasteiger partial charge in [-0.1, -0.05) is 25.5 Å². The van der Waals surface area contributed by atoms with Crippen molar-refractivity contribution in [2.75, 3.05) is 38.2 Å². The molecule has 1 saturated heterocycles. The van der Waals surface area contributed by atoms with Crippen LogP contribution in [0.1, 0.15) is 66.5 Å². The number of anilines is 1. The Morgan fingerprint density at radius 3 is 2.50 bits per heavy atom. The predicted octanol–water partition coefficient (Wildman–Crippen LogP) is 3.69. The van der Waals surface area contributed by atoms with Crippen LogP contribution in [0.2, 0.25) is 0 Å². The number of ether oxygens (including phenoxy) is 2. The number of aromatic nitrogens is 2. The van der Waals surface area contributed by atoms with Gasteiger partial charge in [0, 0.05) is 25.7 Å². The Morgan fingerprint density at radius 2 is 1.83 bits per heavy atom. The van der Waals surface area contributed by atoms with Gasteiger partial charge in [-0.15, -0.1) is 0 Å². The molecule has 1 aliphatic rings. The minimum absolute atomic E-state index is 0.0557. The van der Waals surface area contributed by atoms with E-state index in [4.69, 9.17) is 9.47 Å². The number of nitrogens with one attached hydrogen (secondary N) is 1. The van der Waals surface area contributed by atoms with Crippen LogP contribution in [0.15, 0.2) is 24.3 Å². The third-order valence-corrected chi connectivity index (χ3v) is 5.87. The first-order chi connectivity index (χ1) is 17.3. The predicted molar refractivity (Wildman–Crippen MR) is 135 cm³/mol. The lowest BCUT2D eigenvalue weighted by Crippen LogP contribution is -2.56. The minimum atomic E-state index is -0.594. The summed E-state index contributed by atoms with van der Waals surface area (Å²) in [5, 5.41) is 2.92. The van der Waals surface area contributed by atoms with E-state index in [2.05, 4.69) is 15.3 Å². The molecule has 1 atom stereocenters. The lowest BCUT2D eigenvalue weighted by Gasteiger charge is -2.39. The van der Waals surface area contributed by atoms with E-state index in [1.54, 1.807) is 35.8 Å². The van der Waals surface area contributed by atoms with Crippen LogP contribution in [0.5, 0.6) is 5.75 Å². The van der Waals surface area contributed by atoms with Crippen molar-refractivity contribution in [3.63, 3.8) is 0 Å². The number of urea groups is 1. The Kier molecular flexibility index (Phi) is 9.21. The van der Waals surface area contributed by atoms with Crippen LogP contribution < -0.4 is 10.1 Å².